The first kappa shape index (κ1) is 20.5. The number of fused-ring (bicyclic) bond motifs is 1. The molecule has 1 aliphatic heterocycles. The van der Waals surface area contributed by atoms with Gasteiger partial charge in [-0.2, -0.15) is 5.26 Å². The lowest BCUT2D eigenvalue weighted by atomic mass is 9.84. The molecule has 4 nitrogen and oxygen atoms in total. The summed E-state index contributed by atoms with van der Waals surface area (Å²) in [4.78, 5) is 14.0. The van der Waals surface area contributed by atoms with E-state index in [0.717, 1.165) is 24.9 Å². The molecule has 0 fully saturated rings. The smallest absolute Gasteiger partial charge is 0.224 e. The Kier molecular flexibility index (Phi) is 7.01. The molecule has 2 N–H and O–H groups in total. The van der Waals surface area contributed by atoms with E-state index in [1.165, 1.54) is 11.1 Å². The Hall–Kier alpha value is -2.80. The van der Waals surface area contributed by atoms with Crippen LogP contribution in [0.5, 0.6) is 0 Å². The monoisotopic (exact) mass is 363 g/mol. The van der Waals surface area contributed by atoms with Crippen LogP contribution in [-0.2, 0) is 17.6 Å². The summed E-state index contributed by atoms with van der Waals surface area (Å²) in [5.41, 5.74) is 10.5. The number of carbonyl (C=O) groups is 1. The maximum Gasteiger partial charge on any atom is 0.224 e. The number of benzene rings is 2. The van der Waals surface area contributed by atoms with Crippen LogP contribution < -0.4 is 10.6 Å². The van der Waals surface area contributed by atoms with Crippen molar-refractivity contribution in [2.75, 3.05) is 10.6 Å². The van der Waals surface area contributed by atoms with Gasteiger partial charge in [-0.3, -0.25) is 4.79 Å². The van der Waals surface area contributed by atoms with Crippen LogP contribution in [0.15, 0.2) is 42.5 Å². The zero-order valence-corrected chi connectivity index (χ0v) is 16.7. The van der Waals surface area contributed by atoms with E-state index in [0.29, 0.717) is 23.2 Å². The molecule has 0 spiro atoms. The second-order valence-electron chi connectivity index (χ2n) is 7.10. The van der Waals surface area contributed by atoms with Gasteiger partial charge in [-0.1, -0.05) is 32.9 Å². The number of hydrogen-bond donors (Lipinski definition) is 1. The fraction of sp³-hybridized carbons (Fsp3) is 0.391. The van der Waals surface area contributed by atoms with Gasteiger partial charge in [-0.05, 0) is 66.6 Å². The second-order valence-corrected chi connectivity index (χ2v) is 7.10. The van der Waals surface area contributed by atoms with Gasteiger partial charge < -0.3 is 10.6 Å². The minimum atomic E-state index is 0.166. The fourth-order valence-corrected chi connectivity index (χ4v) is 3.72. The Labute approximate surface area is 162 Å². The molecule has 0 saturated heterocycles. The lowest BCUT2D eigenvalue weighted by Crippen LogP contribution is -2.46. The predicted molar refractivity (Wildman–Crippen MR) is 111 cm³/mol. The summed E-state index contributed by atoms with van der Waals surface area (Å²) >= 11 is 0. The molecule has 2 atom stereocenters. The number of anilines is 2. The molecule has 0 aliphatic carbocycles. The average Bonchev–Trinajstić information content (AvgIpc) is 2.67. The third-order valence-electron chi connectivity index (χ3n) is 5.14. The van der Waals surface area contributed by atoms with Crippen molar-refractivity contribution >= 4 is 17.3 Å². The van der Waals surface area contributed by atoms with Gasteiger partial charge in [0.15, 0.2) is 0 Å². The van der Waals surface area contributed by atoms with Crippen molar-refractivity contribution in [1.82, 2.24) is 0 Å². The maximum atomic E-state index is 12.0. The van der Waals surface area contributed by atoms with Crippen LogP contribution in [0.2, 0.25) is 0 Å². The number of nitrogen functional groups attached to an aromatic ring is 1. The predicted octanol–water partition coefficient (Wildman–Crippen LogP) is 4.71. The van der Waals surface area contributed by atoms with Crippen molar-refractivity contribution in [2.45, 2.75) is 53.0 Å². The van der Waals surface area contributed by atoms with Gasteiger partial charge in [-0.25, -0.2) is 0 Å². The standard InChI is InChI=1S/C16H23NO.C7H6N2/c1-5-13-7-8-16-14(10-13)9-11(3)15(6-2)17(16)12(4)18;8-5-6-1-3-7(9)4-2-6/h7-8,10-11,15H,5-6,9H2,1-4H3;1-4H,9H2/t11-,15+;/m1./s1. The van der Waals surface area contributed by atoms with Crippen LogP contribution >= 0.6 is 0 Å². The molecule has 1 amide bonds. The molecule has 0 unspecified atom stereocenters. The fourth-order valence-electron chi connectivity index (χ4n) is 3.72. The van der Waals surface area contributed by atoms with Crippen molar-refractivity contribution in [1.29, 1.82) is 5.26 Å². The molecule has 0 aromatic heterocycles. The minimum Gasteiger partial charge on any atom is -0.399 e. The Balaban J connectivity index is 0.000000244. The highest BCUT2D eigenvalue weighted by atomic mass is 16.2. The van der Waals surface area contributed by atoms with E-state index in [2.05, 4.69) is 39.0 Å². The van der Waals surface area contributed by atoms with Crippen molar-refractivity contribution < 1.29 is 4.79 Å². The van der Waals surface area contributed by atoms with E-state index in [9.17, 15) is 4.79 Å². The van der Waals surface area contributed by atoms with E-state index < -0.39 is 0 Å². The molecule has 2 aromatic carbocycles. The summed E-state index contributed by atoms with van der Waals surface area (Å²) in [7, 11) is 0. The van der Waals surface area contributed by atoms with Crippen molar-refractivity contribution in [3.8, 4) is 6.07 Å². The first-order chi connectivity index (χ1) is 12.9. The number of aryl methyl sites for hydroxylation is 1. The number of nitrogens with zero attached hydrogens (tertiary/aromatic N) is 2. The maximum absolute atomic E-state index is 12.0. The molecular formula is C23H29N3O. The SMILES string of the molecule is CCc1ccc2c(c1)C[C@@H](C)[C@H](CC)N2C(C)=O.N#Cc1ccc(N)cc1. The molecule has 2 aromatic rings. The number of rotatable bonds is 2. The molecule has 0 bridgehead atoms. The van der Waals surface area contributed by atoms with Crippen LogP contribution in [0.3, 0.4) is 0 Å². The Morgan fingerprint density at radius 2 is 1.89 bits per heavy atom. The summed E-state index contributed by atoms with van der Waals surface area (Å²) in [6, 6.07) is 15.7. The molecular weight excluding hydrogens is 334 g/mol. The first-order valence-corrected chi connectivity index (χ1v) is 9.58. The van der Waals surface area contributed by atoms with E-state index >= 15 is 0 Å². The molecule has 0 saturated carbocycles. The van der Waals surface area contributed by atoms with Crippen LogP contribution in [0.1, 0.15) is 50.8 Å². The van der Waals surface area contributed by atoms with Crippen LogP contribution in [0, 0.1) is 17.2 Å². The quantitative estimate of drug-likeness (QED) is 0.785. The average molecular weight is 364 g/mol. The highest BCUT2D eigenvalue weighted by Crippen LogP contribution is 2.35. The van der Waals surface area contributed by atoms with Gasteiger partial charge in [0.25, 0.3) is 0 Å². The van der Waals surface area contributed by atoms with Gasteiger partial charge in [0, 0.05) is 24.3 Å². The Morgan fingerprint density at radius 3 is 2.41 bits per heavy atom. The third-order valence-corrected chi connectivity index (χ3v) is 5.14. The Bertz CT molecular complexity index is 821. The van der Waals surface area contributed by atoms with Gasteiger partial charge in [-0.15, -0.1) is 0 Å². The van der Waals surface area contributed by atoms with Gasteiger partial charge >= 0.3 is 0 Å². The van der Waals surface area contributed by atoms with E-state index in [1.54, 1.807) is 31.2 Å². The zero-order valence-electron chi connectivity index (χ0n) is 16.7. The molecule has 4 heteroatoms. The number of amides is 1. The van der Waals surface area contributed by atoms with Crippen LogP contribution in [0.25, 0.3) is 0 Å². The van der Waals surface area contributed by atoms with Crippen molar-refractivity contribution in [3.63, 3.8) is 0 Å². The zero-order chi connectivity index (χ0) is 20.0. The molecule has 142 valence electrons. The number of carbonyl (C=O) groups excluding carboxylic acids is 1. The summed E-state index contributed by atoms with van der Waals surface area (Å²) in [6.07, 6.45) is 3.17. The van der Waals surface area contributed by atoms with E-state index in [-0.39, 0.29) is 5.91 Å². The number of hydrogen-bond acceptors (Lipinski definition) is 3. The van der Waals surface area contributed by atoms with Gasteiger partial charge in [0.1, 0.15) is 0 Å². The van der Waals surface area contributed by atoms with Gasteiger partial charge in [0.05, 0.1) is 11.6 Å². The first-order valence-electron chi connectivity index (χ1n) is 9.58. The van der Waals surface area contributed by atoms with Crippen molar-refractivity contribution in [3.05, 3.63) is 59.2 Å². The topological polar surface area (TPSA) is 70.1 Å². The summed E-state index contributed by atoms with van der Waals surface area (Å²) in [5, 5.41) is 8.34. The molecule has 0 radical (unpaired) electrons. The normalized spacial score (nSPS) is 18.0. The molecule has 27 heavy (non-hydrogen) atoms. The summed E-state index contributed by atoms with van der Waals surface area (Å²) in [6.45, 7) is 8.28. The van der Waals surface area contributed by atoms with Gasteiger partial charge in [0.2, 0.25) is 5.91 Å². The van der Waals surface area contributed by atoms with Crippen LogP contribution in [-0.4, -0.2) is 11.9 Å². The molecule has 1 heterocycles. The third kappa shape index (κ3) is 4.89. The second kappa shape index (κ2) is 9.23. The lowest BCUT2D eigenvalue weighted by molar-refractivity contribution is -0.117. The summed E-state index contributed by atoms with van der Waals surface area (Å²) < 4.78 is 0. The minimum absolute atomic E-state index is 0.166. The van der Waals surface area contributed by atoms with E-state index in [1.807, 2.05) is 11.0 Å². The number of nitriles is 1. The molecule has 3 rings (SSSR count). The number of nitrogens with two attached hydrogens (primary N) is 1. The Morgan fingerprint density at radius 1 is 1.22 bits per heavy atom. The molecule has 1 aliphatic rings. The van der Waals surface area contributed by atoms with E-state index in [4.69, 9.17) is 11.0 Å². The highest BCUT2D eigenvalue weighted by molar-refractivity contribution is 5.93. The van der Waals surface area contributed by atoms with Crippen LogP contribution in [0.4, 0.5) is 11.4 Å². The van der Waals surface area contributed by atoms with Crippen molar-refractivity contribution in [2.24, 2.45) is 5.92 Å². The highest BCUT2D eigenvalue weighted by Gasteiger charge is 2.32. The summed E-state index contributed by atoms with van der Waals surface area (Å²) in [5.74, 6) is 0.706. The largest absolute Gasteiger partial charge is 0.399 e. The lowest BCUT2D eigenvalue weighted by Gasteiger charge is -2.40.